The molecule has 3 amide bonds. The van der Waals surface area contributed by atoms with Gasteiger partial charge in [-0.25, -0.2) is 9.37 Å². The van der Waals surface area contributed by atoms with E-state index in [1.54, 1.807) is 6.92 Å². The van der Waals surface area contributed by atoms with Crippen molar-refractivity contribution < 1.29 is 23.5 Å². The van der Waals surface area contributed by atoms with Gasteiger partial charge in [0.15, 0.2) is 5.69 Å². The molecule has 2 aliphatic rings. The minimum Gasteiger partial charge on any atom is -0.383 e. The fourth-order valence-corrected chi connectivity index (χ4v) is 4.21. The normalized spacial score (nSPS) is 15.8. The van der Waals surface area contributed by atoms with E-state index >= 15 is 0 Å². The standard InChI is InChI=1S/C23H24FN7O5/c1-12(11-36-2)29-9-15-20(23(29)35)30(10-18(32)27-17-6-3-13(24)8-25-17)19-7-16(28-31(19)22(15)34)21(33)26-14-4-5-14/h3,6-8,12,14H,4-5,9-11H2,1-2H3,(H,26,33)(H,25,27,32)/t12-/m0/s1. The van der Waals surface area contributed by atoms with Crippen LogP contribution in [0.25, 0.3) is 5.65 Å². The van der Waals surface area contributed by atoms with Gasteiger partial charge in [0.1, 0.15) is 29.5 Å². The summed E-state index contributed by atoms with van der Waals surface area (Å²) in [5.41, 5.74) is -0.194. The lowest BCUT2D eigenvalue weighted by atomic mass is 10.2. The van der Waals surface area contributed by atoms with Gasteiger partial charge >= 0.3 is 0 Å². The number of hydrogen-bond donors (Lipinski definition) is 2. The summed E-state index contributed by atoms with van der Waals surface area (Å²) in [6.45, 7) is 1.69. The molecule has 0 bridgehead atoms. The number of hydrogen-bond acceptors (Lipinski definition) is 7. The van der Waals surface area contributed by atoms with Crippen molar-refractivity contribution in [1.82, 2.24) is 29.4 Å². The number of carbonyl (C=O) groups is 3. The third-order valence-corrected chi connectivity index (χ3v) is 6.15. The van der Waals surface area contributed by atoms with E-state index in [2.05, 4.69) is 20.7 Å². The molecular formula is C23H24FN7O5. The van der Waals surface area contributed by atoms with Crippen LogP contribution < -0.4 is 16.2 Å². The van der Waals surface area contributed by atoms with E-state index in [9.17, 15) is 23.6 Å². The topological polar surface area (TPSA) is 140 Å². The highest BCUT2D eigenvalue weighted by Crippen LogP contribution is 2.25. The maximum Gasteiger partial charge on any atom is 0.280 e. The first-order valence-corrected chi connectivity index (χ1v) is 11.4. The highest BCUT2D eigenvalue weighted by Gasteiger charge is 2.37. The summed E-state index contributed by atoms with van der Waals surface area (Å²) in [6, 6.07) is 3.59. The predicted molar refractivity (Wildman–Crippen MR) is 124 cm³/mol. The Hall–Kier alpha value is -4.13. The molecule has 2 N–H and O–H groups in total. The van der Waals surface area contributed by atoms with E-state index in [0.717, 1.165) is 29.6 Å². The van der Waals surface area contributed by atoms with Gasteiger partial charge in [-0.3, -0.25) is 19.2 Å². The summed E-state index contributed by atoms with van der Waals surface area (Å²) in [7, 11) is 1.51. The third kappa shape index (κ3) is 4.33. The number of ether oxygens (including phenoxy) is 1. The van der Waals surface area contributed by atoms with Crippen LogP contribution in [0.3, 0.4) is 0 Å². The minimum absolute atomic E-state index is 0.00842. The van der Waals surface area contributed by atoms with Crippen LogP contribution in [0.15, 0.2) is 29.2 Å². The zero-order valence-corrected chi connectivity index (χ0v) is 19.7. The quantitative estimate of drug-likeness (QED) is 0.463. The number of anilines is 1. The Morgan fingerprint density at radius 1 is 1.28 bits per heavy atom. The van der Waals surface area contributed by atoms with Gasteiger partial charge in [0, 0.05) is 19.2 Å². The average molecular weight is 497 g/mol. The Balaban J connectivity index is 1.56. The van der Waals surface area contributed by atoms with Crippen LogP contribution in [-0.2, 0) is 22.6 Å². The fraction of sp³-hybridized carbons (Fsp3) is 0.391. The summed E-state index contributed by atoms with van der Waals surface area (Å²) in [4.78, 5) is 57.6. The van der Waals surface area contributed by atoms with Crippen molar-refractivity contribution in [3.8, 4) is 0 Å². The number of nitrogens with one attached hydrogen (secondary N) is 2. The summed E-state index contributed by atoms with van der Waals surface area (Å²) in [5.74, 6) is -1.88. The Kier molecular flexibility index (Phi) is 6.00. The average Bonchev–Trinajstić information content (AvgIpc) is 3.42. The minimum atomic E-state index is -0.566. The number of amides is 3. The molecule has 0 aromatic carbocycles. The largest absolute Gasteiger partial charge is 0.383 e. The van der Waals surface area contributed by atoms with Gasteiger partial charge in [-0.05, 0) is 31.9 Å². The number of pyridine rings is 1. The first-order chi connectivity index (χ1) is 17.3. The SMILES string of the molecule is COC[C@H](C)N1Cc2c(n(CC(=O)Nc3ccc(F)cn3)c3cc(C(=O)NC4CC4)nn3c2=O)C1=O. The molecule has 36 heavy (non-hydrogen) atoms. The van der Waals surface area contributed by atoms with Crippen molar-refractivity contribution in [2.45, 2.75) is 44.9 Å². The maximum atomic E-state index is 13.4. The number of methoxy groups -OCH3 is 1. The Labute approximate surface area is 204 Å². The van der Waals surface area contributed by atoms with Gasteiger partial charge in [-0.15, -0.1) is 0 Å². The molecule has 5 rings (SSSR count). The maximum absolute atomic E-state index is 13.4. The molecule has 0 saturated heterocycles. The van der Waals surface area contributed by atoms with Crippen molar-refractivity contribution in [2.24, 2.45) is 0 Å². The smallest absolute Gasteiger partial charge is 0.280 e. The summed E-state index contributed by atoms with van der Waals surface area (Å²) in [6.07, 6.45) is 2.72. The predicted octanol–water partition coefficient (Wildman–Crippen LogP) is 0.552. The van der Waals surface area contributed by atoms with E-state index < -0.39 is 29.1 Å². The highest BCUT2D eigenvalue weighted by atomic mass is 19.1. The van der Waals surface area contributed by atoms with Crippen molar-refractivity contribution in [1.29, 1.82) is 0 Å². The van der Waals surface area contributed by atoms with Crippen LogP contribution in [0.5, 0.6) is 0 Å². The van der Waals surface area contributed by atoms with Crippen LogP contribution in [-0.4, -0.2) is 67.6 Å². The highest BCUT2D eigenvalue weighted by molar-refractivity contribution is 5.99. The van der Waals surface area contributed by atoms with Gasteiger partial charge in [0.05, 0.1) is 31.0 Å². The molecule has 12 nitrogen and oxygen atoms in total. The number of rotatable bonds is 8. The first-order valence-electron chi connectivity index (χ1n) is 11.4. The third-order valence-electron chi connectivity index (χ3n) is 6.15. The number of halogens is 1. The van der Waals surface area contributed by atoms with E-state index in [1.165, 1.54) is 28.7 Å². The molecule has 0 spiro atoms. The monoisotopic (exact) mass is 497 g/mol. The fourth-order valence-electron chi connectivity index (χ4n) is 4.21. The molecule has 0 radical (unpaired) electrons. The molecule has 1 aliphatic heterocycles. The van der Waals surface area contributed by atoms with Crippen molar-refractivity contribution in [2.75, 3.05) is 19.0 Å². The second kappa shape index (κ2) is 9.15. The molecule has 3 aromatic rings. The molecule has 1 aliphatic carbocycles. The van der Waals surface area contributed by atoms with Crippen molar-refractivity contribution >= 4 is 29.2 Å². The van der Waals surface area contributed by atoms with Crippen LogP contribution in [0.1, 0.15) is 46.3 Å². The van der Waals surface area contributed by atoms with Gasteiger partial charge in [-0.1, -0.05) is 0 Å². The van der Waals surface area contributed by atoms with Crippen molar-refractivity contribution in [3.05, 3.63) is 57.5 Å². The van der Waals surface area contributed by atoms with Gasteiger partial charge in [-0.2, -0.15) is 9.61 Å². The number of carbonyl (C=O) groups excluding carboxylic acids is 3. The van der Waals surface area contributed by atoms with Gasteiger partial charge in [0.2, 0.25) is 5.91 Å². The molecule has 13 heteroatoms. The summed E-state index contributed by atoms with van der Waals surface area (Å²) < 4.78 is 20.8. The molecule has 188 valence electrons. The Bertz CT molecular complexity index is 1430. The van der Waals surface area contributed by atoms with Crippen LogP contribution in [0.4, 0.5) is 10.2 Å². The number of fused-ring (bicyclic) bond motifs is 2. The van der Waals surface area contributed by atoms with Gasteiger partial charge in [0.25, 0.3) is 17.4 Å². The molecular weight excluding hydrogens is 473 g/mol. The zero-order valence-electron chi connectivity index (χ0n) is 19.7. The Morgan fingerprint density at radius 3 is 2.72 bits per heavy atom. The van der Waals surface area contributed by atoms with Crippen LogP contribution in [0.2, 0.25) is 0 Å². The lowest BCUT2D eigenvalue weighted by Gasteiger charge is -2.23. The summed E-state index contributed by atoms with van der Waals surface area (Å²) >= 11 is 0. The number of aromatic nitrogens is 4. The van der Waals surface area contributed by atoms with Gasteiger partial charge < -0.3 is 24.8 Å². The first kappa shape index (κ1) is 23.6. The molecule has 3 aromatic heterocycles. The van der Waals surface area contributed by atoms with E-state index in [1.807, 2.05) is 0 Å². The second-order valence-corrected chi connectivity index (χ2v) is 8.91. The molecule has 4 heterocycles. The lowest BCUT2D eigenvalue weighted by molar-refractivity contribution is -0.116. The van der Waals surface area contributed by atoms with Crippen LogP contribution in [0, 0.1) is 5.82 Å². The summed E-state index contributed by atoms with van der Waals surface area (Å²) in [5, 5.41) is 9.56. The van der Waals surface area contributed by atoms with E-state index in [4.69, 9.17) is 4.74 Å². The second-order valence-electron chi connectivity index (χ2n) is 8.91. The molecule has 1 atom stereocenters. The van der Waals surface area contributed by atoms with Crippen LogP contribution >= 0.6 is 0 Å². The van der Waals surface area contributed by atoms with E-state index in [0.29, 0.717) is 0 Å². The molecule has 1 saturated carbocycles. The molecule has 0 unspecified atom stereocenters. The number of nitrogens with zero attached hydrogens (tertiary/aromatic N) is 5. The molecule has 1 fully saturated rings. The van der Waals surface area contributed by atoms with E-state index in [-0.39, 0.29) is 60.2 Å². The lowest BCUT2D eigenvalue weighted by Crippen LogP contribution is -2.37. The Morgan fingerprint density at radius 2 is 2.06 bits per heavy atom. The van der Waals surface area contributed by atoms with Crippen molar-refractivity contribution in [3.63, 3.8) is 0 Å². The zero-order chi connectivity index (χ0) is 25.6.